The van der Waals surface area contributed by atoms with E-state index >= 15 is 0 Å². The van der Waals surface area contributed by atoms with Gasteiger partial charge in [-0.25, -0.2) is 0 Å². The number of hydrogen-bond acceptors (Lipinski definition) is 5. The molecule has 29 heavy (non-hydrogen) atoms. The van der Waals surface area contributed by atoms with Gasteiger partial charge in [-0.3, -0.25) is 0 Å². The molecule has 0 saturated carbocycles. The second kappa shape index (κ2) is 12.5. The van der Waals surface area contributed by atoms with Crippen molar-refractivity contribution < 1.29 is 19.0 Å². The van der Waals surface area contributed by atoms with Crippen LogP contribution in [0, 0.1) is 13.8 Å². The monoisotopic (exact) mass is 397 g/mol. The molecule has 0 amide bonds. The van der Waals surface area contributed by atoms with Crippen molar-refractivity contribution in [2.75, 3.05) is 26.9 Å². The fourth-order valence-corrected chi connectivity index (χ4v) is 2.90. The Labute approximate surface area is 173 Å². The van der Waals surface area contributed by atoms with E-state index in [1.807, 2.05) is 43.3 Å². The molecule has 0 unspecified atom stereocenters. The SMILES string of the molecule is C/C=C/COc1cc(C)c(OCCCc2ccc(OCC=NOC)cc2)c(C)c1. The summed E-state index contributed by atoms with van der Waals surface area (Å²) in [6.45, 7) is 7.74. The minimum atomic E-state index is 0.388. The Balaban J connectivity index is 1.77. The van der Waals surface area contributed by atoms with Gasteiger partial charge < -0.3 is 19.0 Å². The Hall–Kier alpha value is -2.95. The summed E-state index contributed by atoms with van der Waals surface area (Å²) in [5, 5.41) is 3.64. The molecule has 2 rings (SSSR count). The zero-order valence-corrected chi connectivity index (χ0v) is 17.8. The molecule has 0 atom stereocenters. The van der Waals surface area contributed by atoms with Crippen LogP contribution in [0.2, 0.25) is 0 Å². The highest BCUT2D eigenvalue weighted by atomic mass is 16.6. The van der Waals surface area contributed by atoms with Crippen molar-refractivity contribution in [2.45, 2.75) is 33.6 Å². The molecule has 0 bridgehead atoms. The molecule has 0 aliphatic rings. The first kappa shape index (κ1) is 22.3. The van der Waals surface area contributed by atoms with Crippen LogP contribution in [-0.2, 0) is 11.3 Å². The molecule has 0 saturated heterocycles. The average Bonchev–Trinajstić information content (AvgIpc) is 2.71. The van der Waals surface area contributed by atoms with Crippen molar-refractivity contribution in [3.05, 3.63) is 65.2 Å². The Morgan fingerprint density at radius 3 is 2.24 bits per heavy atom. The van der Waals surface area contributed by atoms with Gasteiger partial charge in [-0.1, -0.05) is 29.4 Å². The van der Waals surface area contributed by atoms with Gasteiger partial charge in [-0.15, -0.1) is 0 Å². The molecule has 0 fully saturated rings. The molecule has 0 radical (unpaired) electrons. The Morgan fingerprint density at radius 1 is 0.897 bits per heavy atom. The number of nitrogens with zero attached hydrogens (tertiary/aromatic N) is 1. The van der Waals surface area contributed by atoms with E-state index in [1.54, 1.807) is 6.21 Å². The maximum absolute atomic E-state index is 6.05. The third kappa shape index (κ3) is 7.90. The third-order valence-electron chi connectivity index (χ3n) is 4.30. The number of benzene rings is 2. The van der Waals surface area contributed by atoms with Crippen LogP contribution in [0.3, 0.4) is 0 Å². The molecular formula is C24H31NO4. The molecule has 0 heterocycles. The number of aryl methyl sites for hydroxylation is 3. The molecule has 0 spiro atoms. The first-order valence-electron chi connectivity index (χ1n) is 9.88. The zero-order valence-electron chi connectivity index (χ0n) is 17.8. The standard InChI is InChI=1S/C24H31NO4/c1-5-6-14-27-23-17-19(2)24(20(3)18-23)29-15-7-8-21-9-11-22(12-10-21)28-16-13-25-26-4/h5-6,9-13,17-18H,7-8,14-16H2,1-4H3/b6-5+,25-13?. The van der Waals surface area contributed by atoms with Crippen LogP contribution in [0.15, 0.2) is 53.7 Å². The van der Waals surface area contributed by atoms with E-state index in [9.17, 15) is 0 Å². The van der Waals surface area contributed by atoms with Gasteiger partial charge in [0, 0.05) is 0 Å². The minimum absolute atomic E-state index is 0.388. The van der Waals surface area contributed by atoms with E-state index in [0.29, 0.717) is 19.8 Å². The van der Waals surface area contributed by atoms with Crippen LogP contribution in [0.1, 0.15) is 30.0 Å². The highest BCUT2D eigenvalue weighted by molar-refractivity contribution is 5.58. The number of allylic oxidation sites excluding steroid dienone is 1. The summed E-state index contributed by atoms with van der Waals surface area (Å²) in [7, 11) is 1.51. The number of oxime groups is 1. The molecular weight excluding hydrogens is 366 g/mol. The summed E-state index contributed by atoms with van der Waals surface area (Å²) < 4.78 is 17.3. The third-order valence-corrected chi connectivity index (χ3v) is 4.30. The molecule has 0 aromatic heterocycles. The predicted molar refractivity (Wildman–Crippen MR) is 117 cm³/mol. The van der Waals surface area contributed by atoms with Crippen LogP contribution in [0.4, 0.5) is 0 Å². The van der Waals surface area contributed by atoms with Gasteiger partial charge in [0.2, 0.25) is 0 Å². The van der Waals surface area contributed by atoms with Crippen molar-refractivity contribution in [1.82, 2.24) is 0 Å². The van der Waals surface area contributed by atoms with Gasteiger partial charge in [0.05, 0.1) is 12.8 Å². The summed E-state index contributed by atoms with van der Waals surface area (Å²) in [5.74, 6) is 2.64. The topological polar surface area (TPSA) is 49.3 Å². The Bertz CT molecular complexity index is 774. The van der Waals surface area contributed by atoms with Crippen LogP contribution < -0.4 is 14.2 Å². The lowest BCUT2D eigenvalue weighted by Gasteiger charge is -2.14. The van der Waals surface area contributed by atoms with Crippen molar-refractivity contribution in [2.24, 2.45) is 5.16 Å². The van der Waals surface area contributed by atoms with Crippen molar-refractivity contribution in [1.29, 1.82) is 0 Å². The summed E-state index contributed by atoms with van der Waals surface area (Å²) in [6, 6.07) is 12.2. The van der Waals surface area contributed by atoms with Crippen molar-refractivity contribution in [3.63, 3.8) is 0 Å². The van der Waals surface area contributed by atoms with E-state index in [1.165, 1.54) is 12.7 Å². The van der Waals surface area contributed by atoms with Gasteiger partial charge in [-0.2, -0.15) is 0 Å². The lowest BCUT2D eigenvalue weighted by atomic mass is 10.1. The molecule has 0 N–H and O–H groups in total. The fourth-order valence-electron chi connectivity index (χ4n) is 2.90. The second-order valence-electron chi connectivity index (χ2n) is 6.64. The molecule has 156 valence electrons. The van der Waals surface area contributed by atoms with Crippen LogP contribution in [0.25, 0.3) is 0 Å². The van der Waals surface area contributed by atoms with E-state index < -0.39 is 0 Å². The van der Waals surface area contributed by atoms with E-state index in [2.05, 4.69) is 36.0 Å². The van der Waals surface area contributed by atoms with Crippen LogP contribution >= 0.6 is 0 Å². The molecule has 0 aliphatic carbocycles. The molecule has 2 aromatic rings. The lowest BCUT2D eigenvalue weighted by molar-refractivity contribution is 0.212. The predicted octanol–water partition coefficient (Wildman–Crippen LogP) is 5.28. The highest BCUT2D eigenvalue weighted by Gasteiger charge is 2.07. The smallest absolute Gasteiger partial charge is 0.127 e. The number of ether oxygens (including phenoxy) is 3. The van der Waals surface area contributed by atoms with Gasteiger partial charge >= 0.3 is 0 Å². The summed E-state index contributed by atoms with van der Waals surface area (Å²) in [6.07, 6.45) is 7.45. The maximum Gasteiger partial charge on any atom is 0.127 e. The van der Waals surface area contributed by atoms with Crippen LogP contribution in [0.5, 0.6) is 17.2 Å². The minimum Gasteiger partial charge on any atom is -0.493 e. The van der Waals surface area contributed by atoms with Crippen molar-refractivity contribution in [3.8, 4) is 17.2 Å². The lowest BCUT2D eigenvalue weighted by Crippen LogP contribution is -2.03. The summed E-state index contributed by atoms with van der Waals surface area (Å²) in [4.78, 5) is 4.59. The fraction of sp³-hybridized carbons (Fsp3) is 0.375. The van der Waals surface area contributed by atoms with E-state index in [-0.39, 0.29) is 0 Å². The largest absolute Gasteiger partial charge is 0.493 e. The molecule has 0 aliphatic heterocycles. The Kier molecular flexibility index (Phi) is 9.63. The number of hydrogen-bond donors (Lipinski definition) is 0. The van der Waals surface area contributed by atoms with Gasteiger partial charge in [-0.05, 0) is 74.6 Å². The summed E-state index contributed by atoms with van der Waals surface area (Å²) >= 11 is 0. The first-order valence-corrected chi connectivity index (χ1v) is 9.88. The Morgan fingerprint density at radius 2 is 1.59 bits per heavy atom. The average molecular weight is 398 g/mol. The second-order valence-corrected chi connectivity index (χ2v) is 6.64. The van der Waals surface area contributed by atoms with Crippen LogP contribution in [-0.4, -0.2) is 33.1 Å². The van der Waals surface area contributed by atoms with E-state index in [4.69, 9.17) is 14.2 Å². The normalized spacial score (nSPS) is 11.2. The maximum atomic E-state index is 6.05. The van der Waals surface area contributed by atoms with Gasteiger partial charge in [0.1, 0.15) is 37.6 Å². The quantitative estimate of drug-likeness (QED) is 0.212. The zero-order chi connectivity index (χ0) is 20.9. The molecule has 5 heteroatoms. The highest BCUT2D eigenvalue weighted by Crippen LogP contribution is 2.28. The number of rotatable bonds is 12. The van der Waals surface area contributed by atoms with E-state index in [0.717, 1.165) is 41.2 Å². The van der Waals surface area contributed by atoms with Gasteiger partial charge in [0.15, 0.2) is 0 Å². The first-order chi connectivity index (χ1) is 14.1. The molecule has 5 nitrogen and oxygen atoms in total. The van der Waals surface area contributed by atoms with Gasteiger partial charge in [0.25, 0.3) is 0 Å². The summed E-state index contributed by atoms with van der Waals surface area (Å²) in [5.41, 5.74) is 3.45. The van der Waals surface area contributed by atoms with Crippen molar-refractivity contribution >= 4 is 6.21 Å². The molecule has 2 aromatic carbocycles.